The van der Waals surface area contributed by atoms with Gasteiger partial charge in [0, 0.05) is 35.6 Å². The van der Waals surface area contributed by atoms with E-state index >= 15 is 0 Å². The van der Waals surface area contributed by atoms with Gasteiger partial charge in [-0.05, 0) is 32.9 Å². The maximum Gasteiger partial charge on any atom is 0.243 e. The first kappa shape index (κ1) is 19.7. The molecule has 1 aromatic carbocycles. The molecule has 0 radical (unpaired) electrons. The maximum absolute atomic E-state index is 14.0. The predicted octanol–water partition coefficient (Wildman–Crippen LogP) is 4.66. The Bertz CT molecular complexity index is 906. The van der Waals surface area contributed by atoms with E-state index in [0.29, 0.717) is 46.4 Å². The van der Waals surface area contributed by atoms with Gasteiger partial charge < -0.3 is 9.30 Å². The van der Waals surface area contributed by atoms with Gasteiger partial charge in [-0.2, -0.15) is 0 Å². The minimum Gasteiger partial charge on any atom is -0.476 e. The van der Waals surface area contributed by atoms with Gasteiger partial charge in [-0.15, -0.1) is 15.3 Å². The number of ether oxygens (including phenoxy) is 1. The van der Waals surface area contributed by atoms with E-state index in [0.717, 1.165) is 12.1 Å². The largest absolute Gasteiger partial charge is 0.476 e. The van der Waals surface area contributed by atoms with Crippen LogP contribution >= 0.6 is 23.4 Å². The first-order chi connectivity index (χ1) is 13.1. The fourth-order valence-electron chi connectivity index (χ4n) is 2.65. The first-order valence-corrected chi connectivity index (χ1v) is 10.1. The molecule has 9 heteroatoms. The third-order valence-electron chi connectivity index (χ3n) is 4.01. The molecule has 0 saturated heterocycles. The van der Waals surface area contributed by atoms with Gasteiger partial charge in [-0.3, -0.25) is 4.68 Å². The van der Waals surface area contributed by atoms with Crippen molar-refractivity contribution in [1.82, 2.24) is 24.5 Å². The zero-order valence-corrected chi connectivity index (χ0v) is 17.0. The highest BCUT2D eigenvalue weighted by Gasteiger charge is 2.20. The number of benzene rings is 1. The molecule has 3 aromatic rings. The van der Waals surface area contributed by atoms with E-state index in [9.17, 15) is 4.39 Å². The van der Waals surface area contributed by atoms with Gasteiger partial charge in [0.05, 0.1) is 6.61 Å². The summed E-state index contributed by atoms with van der Waals surface area (Å²) in [6, 6.07) is 4.69. The summed E-state index contributed by atoms with van der Waals surface area (Å²) in [6.07, 6.45) is 1.91. The van der Waals surface area contributed by atoms with Gasteiger partial charge in [0.2, 0.25) is 5.88 Å². The van der Waals surface area contributed by atoms with E-state index in [-0.39, 0.29) is 5.82 Å². The molecule has 0 spiro atoms. The van der Waals surface area contributed by atoms with Gasteiger partial charge in [0.1, 0.15) is 11.4 Å². The Hall–Kier alpha value is -2.06. The second kappa shape index (κ2) is 8.75. The molecule has 0 bridgehead atoms. The Morgan fingerprint density at radius 2 is 2.00 bits per heavy atom. The summed E-state index contributed by atoms with van der Waals surface area (Å²) in [5.41, 5.74) is 1.26. The number of nitrogens with zero attached hydrogens (tertiary/aromatic N) is 5. The number of rotatable bonds is 8. The van der Waals surface area contributed by atoms with Crippen LogP contribution in [0, 0.1) is 5.82 Å². The van der Waals surface area contributed by atoms with Crippen molar-refractivity contribution in [3.8, 4) is 17.3 Å². The highest BCUT2D eigenvalue weighted by molar-refractivity contribution is 7.98. The van der Waals surface area contributed by atoms with Gasteiger partial charge in [-0.1, -0.05) is 29.4 Å². The molecule has 0 saturated carbocycles. The monoisotopic (exact) mass is 409 g/mol. The van der Waals surface area contributed by atoms with Crippen LogP contribution < -0.4 is 4.74 Å². The molecule has 0 aliphatic heterocycles. The quantitative estimate of drug-likeness (QED) is 0.506. The third-order valence-corrected chi connectivity index (χ3v) is 5.36. The molecule has 0 atom stereocenters. The van der Waals surface area contributed by atoms with Crippen LogP contribution in [0.4, 0.5) is 4.39 Å². The fourth-order valence-corrected chi connectivity index (χ4v) is 3.99. The van der Waals surface area contributed by atoms with Crippen LogP contribution in [-0.2, 0) is 18.8 Å². The Balaban J connectivity index is 1.90. The summed E-state index contributed by atoms with van der Waals surface area (Å²) in [6.45, 7) is 7.85. The number of halogens is 2. The SMILES string of the molecule is CCOc1nn(CC)cc1-c1nnc(SCc2c(F)cccc2Cl)n1CC. The van der Waals surface area contributed by atoms with Gasteiger partial charge in [0.25, 0.3) is 0 Å². The lowest BCUT2D eigenvalue weighted by atomic mass is 10.2. The van der Waals surface area contributed by atoms with Crippen molar-refractivity contribution in [3.63, 3.8) is 0 Å². The van der Waals surface area contributed by atoms with Crippen molar-refractivity contribution < 1.29 is 9.13 Å². The molecule has 6 nitrogen and oxygen atoms in total. The highest BCUT2D eigenvalue weighted by Crippen LogP contribution is 2.32. The predicted molar refractivity (Wildman–Crippen MR) is 105 cm³/mol. The van der Waals surface area contributed by atoms with Crippen molar-refractivity contribution in [2.45, 2.75) is 44.8 Å². The molecular weight excluding hydrogens is 389 g/mol. The van der Waals surface area contributed by atoms with Gasteiger partial charge in [0.15, 0.2) is 11.0 Å². The van der Waals surface area contributed by atoms with E-state index in [4.69, 9.17) is 16.3 Å². The Morgan fingerprint density at radius 1 is 1.19 bits per heavy atom. The lowest BCUT2D eigenvalue weighted by Crippen LogP contribution is -2.01. The van der Waals surface area contributed by atoms with Crippen LogP contribution in [0.3, 0.4) is 0 Å². The molecule has 0 N–H and O–H groups in total. The second-order valence-electron chi connectivity index (χ2n) is 5.68. The van der Waals surface area contributed by atoms with E-state index in [1.54, 1.807) is 16.8 Å². The van der Waals surface area contributed by atoms with Gasteiger partial charge in [-0.25, -0.2) is 4.39 Å². The van der Waals surface area contributed by atoms with Crippen LogP contribution in [0.1, 0.15) is 26.3 Å². The number of thioether (sulfide) groups is 1. The van der Waals surface area contributed by atoms with E-state index in [1.807, 2.05) is 31.5 Å². The smallest absolute Gasteiger partial charge is 0.243 e. The zero-order valence-electron chi connectivity index (χ0n) is 15.4. The van der Waals surface area contributed by atoms with E-state index in [1.165, 1.54) is 17.8 Å². The van der Waals surface area contributed by atoms with Crippen LogP contribution in [0.15, 0.2) is 29.6 Å². The van der Waals surface area contributed by atoms with Crippen LogP contribution in [0.5, 0.6) is 5.88 Å². The van der Waals surface area contributed by atoms with Crippen molar-refractivity contribution in [1.29, 1.82) is 0 Å². The fraction of sp³-hybridized carbons (Fsp3) is 0.389. The molecule has 0 aliphatic carbocycles. The minimum absolute atomic E-state index is 0.319. The molecule has 3 rings (SSSR count). The topological polar surface area (TPSA) is 57.8 Å². The van der Waals surface area contributed by atoms with Crippen molar-refractivity contribution in [3.05, 3.63) is 40.8 Å². The molecule has 2 heterocycles. The summed E-state index contributed by atoms with van der Waals surface area (Å²) in [4.78, 5) is 0. The molecule has 0 aliphatic rings. The van der Waals surface area contributed by atoms with Crippen molar-refractivity contribution in [2.75, 3.05) is 6.61 Å². The van der Waals surface area contributed by atoms with Crippen LogP contribution in [0.2, 0.25) is 5.02 Å². The van der Waals surface area contributed by atoms with Crippen molar-refractivity contribution >= 4 is 23.4 Å². The minimum atomic E-state index is -0.319. The Kier molecular flexibility index (Phi) is 6.38. The van der Waals surface area contributed by atoms with Crippen LogP contribution in [-0.4, -0.2) is 31.2 Å². The number of aromatic nitrogens is 5. The highest BCUT2D eigenvalue weighted by atomic mass is 35.5. The second-order valence-corrected chi connectivity index (χ2v) is 7.03. The normalized spacial score (nSPS) is 11.1. The number of hydrogen-bond acceptors (Lipinski definition) is 5. The van der Waals surface area contributed by atoms with E-state index in [2.05, 4.69) is 15.3 Å². The van der Waals surface area contributed by atoms with Crippen LogP contribution in [0.25, 0.3) is 11.4 Å². The lowest BCUT2D eigenvalue weighted by molar-refractivity contribution is 0.322. The summed E-state index contributed by atoms with van der Waals surface area (Å²) < 4.78 is 23.5. The average Bonchev–Trinajstić information content (AvgIpc) is 3.24. The number of aryl methyl sites for hydroxylation is 1. The maximum atomic E-state index is 14.0. The van der Waals surface area contributed by atoms with Crippen molar-refractivity contribution in [2.24, 2.45) is 0 Å². The Labute approximate surface area is 166 Å². The molecule has 144 valence electrons. The molecule has 0 amide bonds. The molecule has 2 aromatic heterocycles. The zero-order chi connectivity index (χ0) is 19.4. The molecule has 0 fully saturated rings. The number of hydrogen-bond donors (Lipinski definition) is 0. The standard InChI is InChI=1S/C18H21ClFN5OS/c1-4-24-10-12(17(23-24)26-6-3)16-21-22-18(25(16)5-2)27-11-13-14(19)8-7-9-15(13)20/h7-10H,4-6,11H2,1-3H3. The van der Waals surface area contributed by atoms with E-state index < -0.39 is 0 Å². The molecular formula is C18H21ClFN5OS. The molecule has 27 heavy (non-hydrogen) atoms. The summed E-state index contributed by atoms with van der Waals surface area (Å²) >= 11 is 7.52. The average molecular weight is 410 g/mol. The third kappa shape index (κ3) is 4.11. The summed E-state index contributed by atoms with van der Waals surface area (Å²) in [5.74, 6) is 1.27. The van der Waals surface area contributed by atoms with Gasteiger partial charge >= 0.3 is 0 Å². The first-order valence-electron chi connectivity index (χ1n) is 8.78. The lowest BCUT2D eigenvalue weighted by Gasteiger charge is -2.08. The summed E-state index contributed by atoms with van der Waals surface area (Å²) in [7, 11) is 0. The Morgan fingerprint density at radius 3 is 2.67 bits per heavy atom. The summed E-state index contributed by atoms with van der Waals surface area (Å²) in [5, 5.41) is 14.2. The molecule has 0 unspecified atom stereocenters.